The first-order valence-corrected chi connectivity index (χ1v) is 7.25. The number of halogens is 1. The van der Waals surface area contributed by atoms with E-state index in [9.17, 15) is 0 Å². The molecule has 0 amide bonds. The van der Waals surface area contributed by atoms with E-state index in [2.05, 4.69) is 28.9 Å². The summed E-state index contributed by atoms with van der Waals surface area (Å²) in [4.78, 5) is 8.81. The Morgan fingerprint density at radius 3 is 2.89 bits per heavy atom. The standard InChI is InChI=1S/C13H13ClN4S/c1-8(2)19-12-7-11-10(6-9(12)14)16-13(17-11)18-5-3-4-15-18/h3-8H,1-2H3,(H,16,17). The molecule has 0 fully saturated rings. The van der Waals surface area contributed by atoms with Gasteiger partial charge in [0.05, 0.1) is 16.1 Å². The highest BCUT2D eigenvalue weighted by atomic mass is 35.5. The molecule has 0 bridgehead atoms. The van der Waals surface area contributed by atoms with Crippen molar-refractivity contribution in [1.29, 1.82) is 0 Å². The Morgan fingerprint density at radius 1 is 1.37 bits per heavy atom. The fourth-order valence-electron chi connectivity index (χ4n) is 1.84. The van der Waals surface area contributed by atoms with Crippen LogP contribution in [0.3, 0.4) is 0 Å². The molecule has 0 saturated carbocycles. The van der Waals surface area contributed by atoms with Crippen LogP contribution in [0.25, 0.3) is 17.0 Å². The average molecular weight is 293 g/mol. The molecule has 3 rings (SSSR count). The van der Waals surface area contributed by atoms with Crippen LogP contribution >= 0.6 is 23.4 Å². The van der Waals surface area contributed by atoms with Crippen LogP contribution in [0, 0.1) is 0 Å². The van der Waals surface area contributed by atoms with Crippen LogP contribution in [0.1, 0.15) is 13.8 Å². The molecule has 0 aliphatic heterocycles. The molecule has 3 aromatic rings. The number of nitrogens with zero attached hydrogens (tertiary/aromatic N) is 3. The molecule has 4 nitrogen and oxygen atoms in total. The summed E-state index contributed by atoms with van der Waals surface area (Å²) in [5.41, 5.74) is 1.82. The zero-order valence-corrected chi connectivity index (χ0v) is 12.2. The summed E-state index contributed by atoms with van der Waals surface area (Å²) < 4.78 is 1.70. The molecule has 0 unspecified atom stereocenters. The zero-order valence-electron chi connectivity index (χ0n) is 10.6. The molecular weight excluding hydrogens is 280 g/mol. The maximum atomic E-state index is 6.29. The SMILES string of the molecule is CC(C)Sc1cc2nc(-n3cccn3)[nH]c2cc1Cl. The zero-order chi connectivity index (χ0) is 13.4. The van der Waals surface area contributed by atoms with Crippen molar-refractivity contribution < 1.29 is 0 Å². The number of aromatic nitrogens is 4. The first-order valence-electron chi connectivity index (χ1n) is 5.99. The Labute approximate surface area is 120 Å². The summed E-state index contributed by atoms with van der Waals surface area (Å²) in [7, 11) is 0. The summed E-state index contributed by atoms with van der Waals surface area (Å²) in [6.07, 6.45) is 3.57. The number of hydrogen-bond acceptors (Lipinski definition) is 3. The van der Waals surface area contributed by atoms with Gasteiger partial charge in [0.25, 0.3) is 0 Å². The van der Waals surface area contributed by atoms with E-state index in [0.717, 1.165) is 21.0 Å². The van der Waals surface area contributed by atoms with E-state index < -0.39 is 0 Å². The fourth-order valence-corrected chi connectivity index (χ4v) is 3.00. The largest absolute Gasteiger partial charge is 0.322 e. The molecule has 2 heterocycles. The summed E-state index contributed by atoms with van der Waals surface area (Å²) >= 11 is 8.03. The number of benzene rings is 1. The Kier molecular flexibility index (Phi) is 3.24. The van der Waals surface area contributed by atoms with Crippen LogP contribution in [0.4, 0.5) is 0 Å². The molecule has 98 valence electrons. The van der Waals surface area contributed by atoms with Crippen LogP contribution in [-0.2, 0) is 0 Å². The van der Waals surface area contributed by atoms with Crippen molar-refractivity contribution in [2.75, 3.05) is 0 Å². The van der Waals surface area contributed by atoms with E-state index in [1.54, 1.807) is 22.6 Å². The van der Waals surface area contributed by atoms with Gasteiger partial charge in [0.2, 0.25) is 5.95 Å². The number of hydrogen-bond donors (Lipinski definition) is 1. The van der Waals surface area contributed by atoms with Crippen molar-refractivity contribution in [3.8, 4) is 5.95 Å². The minimum atomic E-state index is 0.486. The lowest BCUT2D eigenvalue weighted by Gasteiger charge is -2.06. The predicted molar refractivity (Wildman–Crippen MR) is 79.2 cm³/mol. The van der Waals surface area contributed by atoms with Gasteiger partial charge in [0, 0.05) is 22.5 Å². The van der Waals surface area contributed by atoms with Gasteiger partial charge in [-0.1, -0.05) is 25.4 Å². The van der Waals surface area contributed by atoms with Gasteiger partial charge in [0.15, 0.2) is 0 Å². The first-order chi connectivity index (χ1) is 9.13. The van der Waals surface area contributed by atoms with E-state index in [-0.39, 0.29) is 0 Å². The lowest BCUT2D eigenvalue weighted by atomic mass is 10.3. The van der Waals surface area contributed by atoms with Crippen LogP contribution in [0.5, 0.6) is 0 Å². The number of thioether (sulfide) groups is 1. The average Bonchev–Trinajstić information content (AvgIpc) is 2.96. The van der Waals surface area contributed by atoms with E-state index in [1.807, 2.05) is 24.4 Å². The van der Waals surface area contributed by atoms with Crippen molar-refractivity contribution in [2.24, 2.45) is 0 Å². The summed E-state index contributed by atoms with van der Waals surface area (Å²) in [5.74, 6) is 0.697. The molecule has 0 saturated heterocycles. The Bertz CT molecular complexity index is 703. The number of rotatable bonds is 3. The van der Waals surface area contributed by atoms with Gasteiger partial charge >= 0.3 is 0 Å². The Hall–Kier alpha value is -1.46. The smallest absolute Gasteiger partial charge is 0.229 e. The fraction of sp³-hybridized carbons (Fsp3) is 0.231. The van der Waals surface area contributed by atoms with Crippen molar-refractivity contribution in [1.82, 2.24) is 19.7 Å². The second-order valence-electron chi connectivity index (χ2n) is 4.48. The van der Waals surface area contributed by atoms with Gasteiger partial charge in [0.1, 0.15) is 0 Å². The van der Waals surface area contributed by atoms with Gasteiger partial charge in [-0.2, -0.15) is 5.10 Å². The van der Waals surface area contributed by atoms with Crippen molar-refractivity contribution in [2.45, 2.75) is 24.0 Å². The molecule has 1 aromatic carbocycles. The van der Waals surface area contributed by atoms with Crippen molar-refractivity contribution in [3.05, 3.63) is 35.6 Å². The number of imidazole rings is 1. The van der Waals surface area contributed by atoms with E-state index >= 15 is 0 Å². The molecule has 19 heavy (non-hydrogen) atoms. The normalized spacial score (nSPS) is 11.6. The van der Waals surface area contributed by atoms with Gasteiger partial charge in [-0.05, 0) is 18.2 Å². The predicted octanol–water partition coefficient (Wildman–Crippen LogP) is 3.90. The maximum Gasteiger partial charge on any atom is 0.229 e. The number of aromatic amines is 1. The highest BCUT2D eigenvalue weighted by molar-refractivity contribution is 8.00. The van der Waals surface area contributed by atoms with Gasteiger partial charge in [-0.15, -0.1) is 11.8 Å². The molecule has 1 N–H and O–H groups in total. The third-order valence-corrected chi connectivity index (χ3v) is 4.09. The van der Waals surface area contributed by atoms with Crippen molar-refractivity contribution in [3.63, 3.8) is 0 Å². The van der Waals surface area contributed by atoms with E-state index in [4.69, 9.17) is 11.6 Å². The molecule has 0 radical (unpaired) electrons. The summed E-state index contributed by atoms with van der Waals surface area (Å²) in [6.45, 7) is 4.29. The number of fused-ring (bicyclic) bond motifs is 1. The minimum Gasteiger partial charge on any atom is -0.322 e. The molecule has 0 aliphatic rings. The van der Waals surface area contributed by atoms with Gasteiger partial charge in [-0.25, -0.2) is 9.67 Å². The van der Waals surface area contributed by atoms with Crippen molar-refractivity contribution >= 4 is 34.4 Å². The lowest BCUT2D eigenvalue weighted by Crippen LogP contribution is -1.95. The Morgan fingerprint density at radius 2 is 2.21 bits per heavy atom. The second kappa shape index (κ2) is 4.90. The monoisotopic (exact) mass is 292 g/mol. The molecule has 2 aromatic heterocycles. The third kappa shape index (κ3) is 2.48. The highest BCUT2D eigenvalue weighted by Crippen LogP contribution is 2.33. The maximum absolute atomic E-state index is 6.29. The van der Waals surface area contributed by atoms with E-state index in [0.29, 0.717) is 11.2 Å². The summed E-state index contributed by atoms with van der Waals surface area (Å²) in [5, 5.41) is 5.40. The van der Waals surface area contributed by atoms with Crippen LogP contribution in [-0.4, -0.2) is 25.0 Å². The number of H-pyrrole nitrogens is 1. The van der Waals surface area contributed by atoms with Crippen LogP contribution < -0.4 is 0 Å². The Balaban J connectivity index is 2.08. The lowest BCUT2D eigenvalue weighted by molar-refractivity contribution is 0.829. The minimum absolute atomic E-state index is 0.486. The molecule has 0 aliphatic carbocycles. The second-order valence-corrected chi connectivity index (χ2v) is 6.50. The van der Waals surface area contributed by atoms with Crippen LogP contribution in [0.2, 0.25) is 5.02 Å². The van der Waals surface area contributed by atoms with E-state index in [1.165, 1.54) is 0 Å². The van der Waals surface area contributed by atoms with Crippen LogP contribution in [0.15, 0.2) is 35.5 Å². The molecule has 0 atom stereocenters. The number of nitrogens with one attached hydrogen (secondary N) is 1. The summed E-state index contributed by atoms with van der Waals surface area (Å²) in [6, 6.07) is 5.80. The third-order valence-electron chi connectivity index (χ3n) is 2.61. The molecule has 6 heteroatoms. The highest BCUT2D eigenvalue weighted by Gasteiger charge is 2.10. The molecule has 0 spiro atoms. The van der Waals surface area contributed by atoms with Gasteiger partial charge < -0.3 is 4.98 Å². The first kappa shape index (κ1) is 12.6. The molecular formula is C13H13ClN4S. The van der Waals surface area contributed by atoms with Gasteiger partial charge in [-0.3, -0.25) is 0 Å². The topological polar surface area (TPSA) is 46.5 Å². The quantitative estimate of drug-likeness (QED) is 0.745.